The summed E-state index contributed by atoms with van der Waals surface area (Å²) in [5, 5.41) is 9.17. The average Bonchev–Trinajstić information content (AvgIpc) is 2.28. The lowest BCUT2D eigenvalue weighted by Crippen LogP contribution is -2.59. The zero-order chi connectivity index (χ0) is 13.9. The van der Waals surface area contributed by atoms with Crippen LogP contribution < -0.4 is 0 Å². The Kier molecular flexibility index (Phi) is 5.13. The van der Waals surface area contributed by atoms with Gasteiger partial charge in [-0.2, -0.15) is 0 Å². The van der Waals surface area contributed by atoms with Gasteiger partial charge >= 0.3 is 5.97 Å². The third-order valence-electron chi connectivity index (χ3n) is 3.34. The molecule has 0 saturated heterocycles. The zero-order valence-corrected chi connectivity index (χ0v) is 11.5. The van der Waals surface area contributed by atoms with E-state index >= 15 is 0 Å². The summed E-state index contributed by atoms with van der Waals surface area (Å²) in [6.07, 6.45) is 0.495. The smallest absolute Gasteiger partial charge is 0.329 e. The molecule has 0 aromatic heterocycles. The van der Waals surface area contributed by atoms with Gasteiger partial charge in [0.15, 0.2) is 0 Å². The van der Waals surface area contributed by atoms with Gasteiger partial charge < -0.3 is 14.7 Å². The second kappa shape index (κ2) is 5.49. The number of ether oxygens (including phenoxy) is 1. The van der Waals surface area contributed by atoms with E-state index in [1.165, 1.54) is 25.9 Å². The van der Waals surface area contributed by atoms with E-state index in [2.05, 4.69) is 0 Å². The highest BCUT2D eigenvalue weighted by molar-refractivity contribution is 5.90. The summed E-state index contributed by atoms with van der Waals surface area (Å²) < 4.78 is 5.22. The van der Waals surface area contributed by atoms with Gasteiger partial charge in [0.05, 0.1) is 0 Å². The largest absolute Gasteiger partial charge is 0.480 e. The Hall–Kier alpha value is -1.10. The number of likely N-dealkylation sites (N-methyl/N-ethyl adjacent to an activating group) is 1. The molecule has 5 nitrogen and oxygen atoms in total. The first-order valence-corrected chi connectivity index (χ1v) is 5.78. The van der Waals surface area contributed by atoms with Gasteiger partial charge in [0.25, 0.3) is 5.91 Å². The molecule has 0 aliphatic rings. The summed E-state index contributed by atoms with van der Waals surface area (Å²) >= 11 is 0. The van der Waals surface area contributed by atoms with Crippen LogP contribution in [-0.2, 0) is 14.3 Å². The Balaban J connectivity index is 5.29. The molecule has 0 fully saturated rings. The minimum absolute atomic E-state index is 0.294. The maximum absolute atomic E-state index is 12.3. The molecule has 1 unspecified atom stereocenters. The van der Waals surface area contributed by atoms with E-state index in [0.717, 1.165) is 0 Å². The lowest BCUT2D eigenvalue weighted by molar-refractivity contribution is -0.168. The number of carbonyl (C=O) groups is 2. The minimum atomic E-state index is -1.24. The van der Waals surface area contributed by atoms with Gasteiger partial charge in [-0.3, -0.25) is 4.79 Å². The van der Waals surface area contributed by atoms with Crippen molar-refractivity contribution in [1.29, 1.82) is 0 Å². The first-order chi connectivity index (χ1) is 7.67. The number of hydrogen-bond acceptors (Lipinski definition) is 3. The van der Waals surface area contributed by atoms with Gasteiger partial charge in [0.2, 0.25) is 0 Å². The van der Waals surface area contributed by atoms with Gasteiger partial charge in [-0.1, -0.05) is 6.92 Å². The fraction of sp³-hybridized carbons (Fsp3) is 0.833. The van der Waals surface area contributed by atoms with Crippen LogP contribution in [0, 0.1) is 0 Å². The van der Waals surface area contributed by atoms with Crippen molar-refractivity contribution < 1.29 is 19.4 Å². The highest BCUT2D eigenvalue weighted by Crippen LogP contribution is 2.23. The number of carboxylic acid groups (broad SMARTS) is 1. The predicted molar refractivity (Wildman–Crippen MR) is 64.8 cm³/mol. The quantitative estimate of drug-likeness (QED) is 0.770. The van der Waals surface area contributed by atoms with Crippen molar-refractivity contribution in [3.63, 3.8) is 0 Å². The summed E-state index contributed by atoms with van der Waals surface area (Å²) in [5.41, 5.74) is -2.20. The Bertz CT molecular complexity index is 295. The lowest BCUT2D eigenvalue weighted by atomic mass is 9.95. The summed E-state index contributed by atoms with van der Waals surface area (Å²) in [5.74, 6) is -1.32. The summed E-state index contributed by atoms with van der Waals surface area (Å²) in [6.45, 7) is 8.63. The fourth-order valence-corrected chi connectivity index (χ4v) is 1.58. The molecule has 1 N–H and O–H groups in total. The topological polar surface area (TPSA) is 66.8 Å². The van der Waals surface area contributed by atoms with Gasteiger partial charge in [0, 0.05) is 13.7 Å². The Morgan fingerprint density at radius 2 is 1.71 bits per heavy atom. The molecule has 5 heteroatoms. The average molecular weight is 245 g/mol. The second-order valence-corrected chi connectivity index (χ2v) is 4.70. The van der Waals surface area contributed by atoms with Crippen molar-refractivity contribution in [3.05, 3.63) is 0 Å². The van der Waals surface area contributed by atoms with Gasteiger partial charge in [-0.25, -0.2) is 4.79 Å². The monoisotopic (exact) mass is 245 g/mol. The third kappa shape index (κ3) is 2.97. The van der Waals surface area contributed by atoms with Gasteiger partial charge in [-0.15, -0.1) is 0 Å². The molecule has 100 valence electrons. The van der Waals surface area contributed by atoms with Crippen LogP contribution in [0.2, 0.25) is 0 Å². The number of carbonyl (C=O) groups excluding carboxylic acids is 1. The highest BCUT2D eigenvalue weighted by atomic mass is 16.5. The molecule has 0 aliphatic carbocycles. The van der Waals surface area contributed by atoms with Crippen LogP contribution in [0.4, 0.5) is 0 Å². The zero-order valence-electron chi connectivity index (χ0n) is 11.5. The van der Waals surface area contributed by atoms with Crippen LogP contribution >= 0.6 is 0 Å². The van der Waals surface area contributed by atoms with Crippen LogP contribution in [0.15, 0.2) is 0 Å². The number of rotatable bonds is 6. The van der Waals surface area contributed by atoms with E-state index in [-0.39, 0.29) is 5.91 Å². The van der Waals surface area contributed by atoms with Crippen molar-refractivity contribution in [2.75, 3.05) is 13.7 Å². The number of carboxylic acids is 1. The molecule has 17 heavy (non-hydrogen) atoms. The van der Waals surface area contributed by atoms with Crippen molar-refractivity contribution in [2.45, 2.75) is 52.2 Å². The van der Waals surface area contributed by atoms with Gasteiger partial charge in [0.1, 0.15) is 11.1 Å². The third-order valence-corrected chi connectivity index (χ3v) is 3.34. The van der Waals surface area contributed by atoms with Gasteiger partial charge in [-0.05, 0) is 34.1 Å². The molecule has 1 atom stereocenters. The minimum Gasteiger partial charge on any atom is -0.480 e. The normalized spacial score (nSPS) is 15.2. The number of aliphatic carboxylic acids is 1. The fourth-order valence-electron chi connectivity index (χ4n) is 1.58. The number of hydrogen-bond donors (Lipinski definition) is 1. The number of nitrogens with zero attached hydrogens (tertiary/aromatic N) is 1. The standard InChI is InChI=1S/C12H23NO4/c1-7-12(5,17-6)9(14)13(8-2)11(3,4)10(15)16/h7-8H2,1-6H3,(H,15,16). The van der Waals surface area contributed by atoms with E-state index in [4.69, 9.17) is 9.84 Å². The molecule has 0 spiro atoms. The lowest BCUT2D eigenvalue weighted by Gasteiger charge is -2.39. The number of amides is 1. The highest BCUT2D eigenvalue weighted by Gasteiger charge is 2.43. The molecule has 0 heterocycles. The maximum Gasteiger partial charge on any atom is 0.329 e. The van der Waals surface area contributed by atoms with Crippen molar-refractivity contribution in [3.8, 4) is 0 Å². The van der Waals surface area contributed by atoms with E-state index in [1.807, 2.05) is 6.92 Å². The molecule has 0 bridgehead atoms. The van der Waals surface area contributed by atoms with Crippen LogP contribution in [0.3, 0.4) is 0 Å². The number of methoxy groups -OCH3 is 1. The molecule has 1 amide bonds. The van der Waals surface area contributed by atoms with Crippen LogP contribution in [0.1, 0.15) is 41.0 Å². The Morgan fingerprint density at radius 1 is 1.24 bits per heavy atom. The molecule has 0 rings (SSSR count). The van der Waals surface area contributed by atoms with E-state index in [0.29, 0.717) is 13.0 Å². The predicted octanol–water partition coefficient (Wildman–Crippen LogP) is 1.51. The molecular weight excluding hydrogens is 222 g/mol. The molecule has 0 radical (unpaired) electrons. The second-order valence-electron chi connectivity index (χ2n) is 4.70. The first kappa shape index (κ1) is 15.9. The molecule has 0 saturated carbocycles. The molecule has 0 aromatic carbocycles. The van der Waals surface area contributed by atoms with Crippen LogP contribution in [0.5, 0.6) is 0 Å². The first-order valence-electron chi connectivity index (χ1n) is 5.78. The van der Waals surface area contributed by atoms with Crippen LogP contribution in [0.25, 0.3) is 0 Å². The summed E-state index contributed by atoms with van der Waals surface area (Å²) in [7, 11) is 1.46. The Morgan fingerprint density at radius 3 is 1.94 bits per heavy atom. The molecular formula is C12H23NO4. The van der Waals surface area contributed by atoms with E-state index < -0.39 is 17.1 Å². The van der Waals surface area contributed by atoms with Crippen molar-refractivity contribution >= 4 is 11.9 Å². The SMILES string of the molecule is CCN(C(=O)C(C)(CC)OC)C(C)(C)C(=O)O. The maximum atomic E-state index is 12.3. The van der Waals surface area contributed by atoms with E-state index in [1.54, 1.807) is 13.8 Å². The molecule has 0 aromatic rings. The van der Waals surface area contributed by atoms with E-state index in [9.17, 15) is 9.59 Å². The summed E-state index contributed by atoms with van der Waals surface area (Å²) in [6, 6.07) is 0. The van der Waals surface area contributed by atoms with Crippen molar-refractivity contribution in [1.82, 2.24) is 4.90 Å². The summed E-state index contributed by atoms with van der Waals surface area (Å²) in [4.78, 5) is 24.9. The van der Waals surface area contributed by atoms with Crippen LogP contribution in [-0.4, -0.2) is 46.7 Å². The molecule has 0 aliphatic heterocycles. The Labute approximate surface area is 103 Å². The van der Waals surface area contributed by atoms with Crippen molar-refractivity contribution in [2.24, 2.45) is 0 Å².